The molecule has 0 fully saturated rings. The number of ether oxygens (including phenoxy) is 1. The van der Waals surface area contributed by atoms with Crippen LogP contribution in [0.15, 0.2) is 12.3 Å². The van der Waals surface area contributed by atoms with Crippen molar-refractivity contribution in [2.75, 3.05) is 0 Å². The standard InChI is InChI=1S/C7H3ClF5NO/c8-5-4(7(11,12)13)1-3(2-14-5)15-6(9)10/h1-2,6H. The van der Waals surface area contributed by atoms with Crippen molar-refractivity contribution < 1.29 is 26.7 Å². The van der Waals surface area contributed by atoms with Crippen LogP contribution in [0, 0.1) is 0 Å². The van der Waals surface area contributed by atoms with Crippen LogP contribution in [0.3, 0.4) is 0 Å². The molecular formula is C7H3ClF5NO. The lowest BCUT2D eigenvalue weighted by molar-refractivity contribution is -0.138. The minimum atomic E-state index is -4.76. The molecule has 0 N–H and O–H groups in total. The lowest BCUT2D eigenvalue weighted by Crippen LogP contribution is -2.09. The maximum absolute atomic E-state index is 12.2. The first-order chi connectivity index (χ1) is 6.80. The highest BCUT2D eigenvalue weighted by molar-refractivity contribution is 6.30. The van der Waals surface area contributed by atoms with Gasteiger partial charge in [-0.25, -0.2) is 4.98 Å². The zero-order valence-electron chi connectivity index (χ0n) is 6.86. The summed E-state index contributed by atoms with van der Waals surface area (Å²) in [6, 6.07) is 0.363. The molecule has 0 bridgehead atoms. The number of pyridine rings is 1. The summed E-state index contributed by atoms with van der Waals surface area (Å²) in [4.78, 5) is 3.09. The summed E-state index contributed by atoms with van der Waals surface area (Å²) in [5.41, 5.74) is -1.32. The van der Waals surface area contributed by atoms with Crippen molar-refractivity contribution in [1.29, 1.82) is 0 Å². The Kier molecular flexibility index (Phi) is 3.33. The van der Waals surface area contributed by atoms with E-state index >= 15 is 0 Å². The van der Waals surface area contributed by atoms with Gasteiger partial charge < -0.3 is 4.74 Å². The molecule has 1 aromatic rings. The first-order valence-electron chi connectivity index (χ1n) is 3.48. The van der Waals surface area contributed by atoms with Crippen molar-refractivity contribution in [3.63, 3.8) is 0 Å². The van der Waals surface area contributed by atoms with Crippen LogP contribution in [0.5, 0.6) is 5.75 Å². The number of nitrogens with zero attached hydrogens (tertiary/aromatic N) is 1. The first kappa shape index (κ1) is 12.0. The Morgan fingerprint density at radius 1 is 1.33 bits per heavy atom. The summed E-state index contributed by atoms with van der Waals surface area (Å²) < 4.78 is 63.7. The average molecular weight is 248 g/mol. The van der Waals surface area contributed by atoms with Crippen molar-refractivity contribution >= 4 is 11.6 Å². The summed E-state index contributed by atoms with van der Waals surface area (Å²) in [6.07, 6.45) is -4.07. The molecule has 0 amide bonds. The molecule has 1 rings (SSSR count). The predicted octanol–water partition coefficient (Wildman–Crippen LogP) is 3.36. The van der Waals surface area contributed by atoms with E-state index in [9.17, 15) is 22.0 Å². The lowest BCUT2D eigenvalue weighted by Gasteiger charge is -2.10. The lowest BCUT2D eigenvalue weighted by atomic mass is 10.3. The average Bonchev–Trinajstić information content (AvgIpc) is 2.05. The van der Waals surface area contributed by atoms with Crippen LogP contribution in [0.4, 0.5) is 22.0 Å². The molecule has 0 atom stereocenters. The number of rotatable bonds is 2. The fourth-order valence-electron chi connectivity index (χ4n) is 0.795. The molecular weight excluding hydrogens is 245 g/mol. The Bertz CT molecular complexity index is 354. The van der Waals surface area contributed by atoms with E-state index in [-0.39, 0.29) is 0 Å². The zero-order valence-corrected chi connectivity index (χ0v) is 7.61. The predicted molar refractivity (Wildman–Crippen MR) is 40.9 cm³/mol. The third kappa shape index (κ3) is 3.19. The van der Waals surface area contributed by atoms with E-state index in [1.165, 1.54) is 0 Å². The fourth-order valence-corrected chi connectivity index (χ4v) is 1.01. The van der Waals surface area contributed by atoms with Crippen LogP contribution in [0.1, 0.15) is 5.56 Å². The minimum Gasteiger partial charge on any atom is -0.433 e. The normalized spacial score (nSPS) is 11.9. The molecule has 0 saturated carbocycles. The van der Waals surface area contributed by atoms with E-state index in [0.717, 1.165) is 0 Å². The maximum Gasteiger partial charge on any atom is 0.419 e. The highest BCUT2D eigenvalue weighted by Crippen LogP contribution is 2.35. The molecule has 84 valence electrons. The third-order valence-corrected chi connectivity index (χ3v) is 1.65. The van der Waals surface area contributed by atoms with E-state index in [1.54, 1.807) is 0 Å². The molecule has 0 spiro atoms. The molecule has 15 heavy (non-hydrogen) atoms. The summed E-state index contributed by atoms with van der Waals surface area (Å²) in [5, 5.41) is -0.816. The van der Waals surface area contributed by atoms with Gasteiger partial charge in [0.25, 0.3) is 0 Å². The number of alkyl halides is 5. The van der Waals surface area contributed by atoms with Crippen molar-refractivity contribution in [3.8, 4) is 5.75 Å². The van der Waals surface area contributed by atoms with Gasteiger partial charge in [0.2, 0.25) is 0 Å². The minimum absolute atomic E-state index is 0.363. The van der Waals surface area contributed by atoms with Gasteiger partial charge in [-0.2, -0.15) is 22.0 Å². The largest absolute Gasteiger partial charge is 0.433 e. The van der Waals surface area contributed by atoms with E-state index in [0.29, 0.717) is 12.3 Å². The van der Waals surface area contributed by atoms with Crippen molar-refractivity contribution in [1.82, 2.24) is 4.98 Å². The van der Waals surface area contributed by atoms with Crippen LogP contribution in [-0.2, 0) is 6.18 Å². The molecule has 0 saturated heterocycles. The monoisotopic (exact) mass is 247 g/mol. The molecule has 0 aromatic carbocycles. The van der Waals surface area contributed by atoms with Gasteiger partial charge >= 0.3 is 12.8 Å². The van der Waals surface area contributed by atoms with Crippen LogP contribution < -0.4 is 4.74 Å². The number of hydrogen-bond donors (Lipinski definition) is 0. The second-order valence-corrected chi connectivity index (χ2v) is 2.74. The van der Waals surface area contributed by atoms with E-state index in [4.69, 9.17) is 11.6 Å². The highest BCUT2D eigenvalue weighted by atomic mass is 35.5. The molecule has 0 radical (unpaired) electrons. The molecule has 1 heterocycles. The Labute approximate surface area is 85.6 Å². The number of hydrogen-bond acceptors (Lipinski definition) is 2. The third-order valence-electron chi connectivity index (χ3n) is 1.34. The summed E-state index contributed by atoms with van der Waals surface area (Å²) >= 11 is 5.14. The molecule has 0 aliphatic carbocycles. The van der Waals surface area contributed by atoms with Gasteiger partial charge in [0.05, 0.1) is 11.8 Å². The zero-order chi connectivity index (χ0) is 11.6. The second kappa shape index (κ2) is 4.18. The van der Waals surface area contributed by atoms with Crippen molar-refractivity contribution in [2.24, 2.45) is 0 Å². The van der Waals surface area contributed by atoms with Gasteiger partial charge in [-0.05, 0) is 6.07 Å². The fraction of sp³-hybridized carbons (Fsp3) is 0.286. The molecule has 0 aliphatic heterocycles. The molecule has 2 nitrogen and oxygen atoms in total. The highest BCUT2D eigenvalue weighted by Gasteiger charge is 2.34. The molecule has 8 heteroatoms. The Morgan fingerprint density at radius 3 is 2.40 bits per heavy atom. The van der Waals surface area contributed by atoms with Crippen LogP contribution in [0.2, 0.25) is 5.15 Å². The van der Waals surface area contributed by atoms with Gasteiger partial charge in [-0.1, -0.05) is 11.6 Å². The maximum atomic E-state index is 12.2. The van der Waals surface area contributed by atoms with Gasteiger partial charge in [0.1, 0.15) is 10.9 Å². The first-order valence-corrected chi connectivity index (χ1v) is 3.86. The molecule has 0 unspecified atom stereocenters. The smallest absolute Gasteiger partial charge is 0.419 e. The number of aromatic nitrogens is 1. The van der Waals surface area contributed by atoms with Crippen LogP contribution >= 0.6 is 11.6 Å². The Hall–Kier alpha value is -1.11. The Morgan fingerprint density at radius 2 is 1.93 bits per heavy atom. The van der Waals surface area contributed by atoms with Gasteiger partial charge in [0.15, 0.2) is 0 Å². The molecule has 0 aliphatic rings. The molecule has 1 aromatic heterocycles. The van der Waals surface area contributed by atoms with E-state index < -0.39 is 29.3 Å². The van der Waals surface area contributed by atoms with Gasteiger partial charge in [-0.15, -0.1) is 0 Å². The van der Waals surface area contributed by atoms with Crippen LogP contribution in [0.25, 0.3) is 0 Å². The van der Waals surface area contributed by atoms with E-state index in [1.807, 2.05) is 0 Å². The van der Waals surface area contributed by atoms with Crippen molar-refractivity contribution in [3.05, 3.63) is 23.0 Å². The van der Waals surface area contributed by atoms with Gasteiger partial charge in [0, 0.05) is 0 Å². The quantitative estimate of drug-likeness (QED) is 0.591. The summed E-state index contributed by atoms with van der Waals surface area (Å²) in [6.45, 7) is -3.21. The summed E-state index contributed by atoms with van der Waals surface area (Å²) in [7, 11) is 0. The van der Waals surface area contributed by atoms with Crippen molar-refractivity contribution in [2.45, 2.75) is 12.8 Å². The van der Waals surface area contributed by atoms with Crippen LogP contribution in [-0.4, -0.2) is 11.6 Å². The number of halogens is 6. The van der Waals surface area contributed by atoms with Gasteiger partial charge in [-0.3, -0.25) is 0 Å². The van der Waals surface area contributed by atoms with E-state index in [2.05, 4.69) is 9.72 Å². The summed E-state index contributed by atoms with van der Waals surface area (Å²) in [5.74, 6) is -0.693. The topological polar surface area (TPSA) is 22.1 Å². The second-order valence-electron chi connectivity index (χ2n) is 2.39. The Balaban J connectivity index is 3.06. The SMILES string of the molecule is FC(F)Oc1cnc(Cl)c(C(F)(F)F)c1.